The van der Waals surface area contributed by atoms with Crippen LogP contribution in [0.4, 0.5) is 0 Å². The van der Waals surface area contributed by atoms with Gasteiger partial charge in [-0.15, -0.1) is 0 Å². The summed E-state index contributed by atoms with van der Waals surface area (Å²) < 4.78 is 0. The summed E-state index contributed by atoms with van der Waals surface area (Å²) in [5.41, 5.74) is 4.80. The molecule has 0 aromatic heterocycles. The lowest BCUT2D eigenvalue weighted by atomic mass is 10.4. The first-order chi connectivity index (χ1) is 9.33. The van der Waals surface area contributed by atoms with E-state index in [9.17, 15) is 0 Å². The Morgan fingerprint density at radius 1 is 0.632 bits per heavy atom. The second kappa shape index (κ2) is 6.35. The topological polar surface area (TPSA) is 0 Å². The standard InChI is InChI=1S/C18H20Si/c1-3-15-19(16-4-2,17-11-7-5-8-12-17)18-13-9-6-10-14-18/h3-16H,1-2H3. The fourth-order valence-electron chi connectivity index (χ4n) is 2.56. The minimum absolute atomic E-state index is 1.43. The summed E-state index contributed by atoms with van der Waals surface area (Å²) in [5.74, 6) is 0. The molecule has 2 aromatic carbocycles. The Balaban J connectivity index is 2.68. The molecule has 0 saturated heterocycles. The highest BCUT2D eigenvalue weighted by Crippen LogP contribution is 2.10. The molecule has 19 heavy (non-hydrogen) atoms. The predicted octanol–water partition coefficient (Wildman–Crippen LogP) is 3.48. The van der Waals surface area contributed by atoms with Crippen molar-refractivity contribution in [2.24, 2.45) is 0 Å². The summed E-state index contributed by atoms with van der Waals surface area (Å²) in [6.45, 7) is 4.22. The van der Waals surface area contributed by atoms with E-state index < -0.39 is 8.07 Å². The largest absolute Gasteiger partial charge is 0.164 e. The van der Waals surface area contributed by atoms with Crippen molar-refractivity contribution < 1.29 is 0 Å². The van der Waals surface area contributed by atoms with Crippen molar-refractivity contribution >= 4 is 18.4 Å². The average Bonchev–Trinajstić information content (AvgIpc) is 2.49. The molecule has 0 aliphatic carbocycles. The van der Waals surface area contributed by atoms with Crippen LogP contribution in [0.25, 0.3) is 0 Å². The van der Waals surface area contributed by atoms with Crippen molar-refractivity contribution in [1.82, 2.24) is 0 Å². The van der Waals surface area contributed by atoms with Crippen molar-refractivity contribution in [1.29, 1.82) is 0 Å². The predicted molar refractivity (Wildman–Crippen MR) is 87.5 cm³/mol. The third-order valence-electron chi connectivity index (χ3n) is 3.36. The fourth-order valence-corrected chi connectivity index (χ4v) is 6.31. The minimum atomic E-state index is -1.91. The van der Waals surface area contributed by atoms with E-state index in [-0.39, 0.29) is 0 Å². The van der Waals surface area contributed by atoms with Gasteiger partial charge in [0.05, 0.1) is 0 Å². The first-order valence-electron chi connectivity index (χ1n) is 6.72. The molecule has 2 aromatic rings. The van der Waals surface area contributed by atoms with Gasteiger partial charge in [-0.1, -0.05) is 84.2 Å². The fraction of sp³-hybridized carbons (Fsp3) is 0.111. The van der Waals surface area contributed by atoms with Gasteiger partial charge in [0.2, 0.25) is 0 Å². The number of hydrogen-bond donors (Lipinski definition) is 0. The normalized spacial score (nSPS) is 12.3. The summed E-state index contributed by atoms with van der Waals surface area (Å²) >= 11 is 0. The van der Waals surface area contributed by atoms with Crippen molar-refractivity contribution in [2.45, 2.75) is 13.8 Å². The van der Waals surface area contributed by atoms with Gasteiger partial charge in [0.25, 0.3) is 0 Å². The van der Waals surface area contributed by atoms with Crippen LogP contribution in [0.15, 0.2) is 84.2 Å². The van der Waals surface area contributed by atoms with E-state index in [0.717, 1.165) is 0 Å². The van der Waals surface area contributed by atoms with E-state index in [1.807, 2.05) is 0 Å². The van der Waals surface area contributed by atoms with Gasteiger partial charge in [-0.25, -0.2) is 0 Å². The molecular formula is C18H20Si. The number of rotatable bonds is 4. The maximum atomic E-state index is 2.40. The van der Waals surface area contributed by atoms with Crippen LogP contribution in [0.3, 0.4) is 0 Å². The zero-order valence-electron chi connectivity index (χ0n) is 11.6. The van der Waals surface area contributed by atoms with Crippen molar-refractivity contribution in [2.75, 3.05) is 0 Å². The molecule has 2 rings (SSSR count). The van der Waals surface area contributed by atoms with Gasteiger partial charge in [-0.3, -0.25) is 0 Å². The smallest absolute Gasteiger partial charge is 0.0945 e. The summed E-state index contributed by atoms with van der Waals surface area (Å²) in [6, 6.07) is 21.7. The van der Waals surface area contributed by atoms with Crippen LogP contribution in [0.1, 0.15) is 13.8 Å². The Bertz CT molecular complexity index is 499. The third-order valence-corrected chi connectivity index (χ3v) is 7.66. The number of hydrogen-bond acceptors (Lipinski definition) is 0. The van der Waals surface area contributed by atoms with Gasteiger partial charge < -0.3 is 0 Å². The van der Waals surface area contributed by atoms with Crippen LogP contribution in [0.5, 0.6) is 0 Å². The lowest BCUT2D eigenvalue weighted by Crippen LogP contribution is -2.55. The summed E-state index contributed by atoms with van der Waals surface area (Å²) in [4.78, 5) is 0. The first-order valence-corrected chi connectivity index (χ1v) is 8.87. The maximum Gasteiger partial charge on any atom is 0.164 e. The van der Waals surface area contributed by atoms with Gasteiger partial charge in [0.1, 0.15) is 0 Å². The average molecular weight is 264 g/mol. The molecule has 0 bridgehead atoms. The Kier molecular flexibility index (Phi) is 4.53. The molecule has 0 heterocycles. The molecule has 0 atom stereocenters. The molecule has 96 valence electrons. The highest BCUT2D eigenvalue weighted by molar-refractivity contribution is 7.09. The molecule has 0 aliphatic rings. The minimum Gasteiger partial charge on any atom is -0.0945 e. The quantitative estimate of drug-likeness (QED) is 0.742. The van der Waals surface area contributed by atoms with Gasteiger partial charge in [0.15, 0.2) is 8.07 Å². The molecule has 0 saturated carbocycles. The molecule has 1 heteroatoms. The molecule has 0 nitrogen and oxygen atoms in total. The molecule has 0 radical (unpaired) electrons. The van der Waals surface area contributed by atoms with Crippen molar-refractivity contribution in [3.8, 4) is 0 Å². The summed E-state index contributed by atoms with van der Waals surface area (Å²) in [7, 11) is -1.91. The molecule has 0 fully saturated rings. The second-order valence-electron chi connectivity index (χ2n) is 4.60. The van der Waals surface area contributed by atoms with Crippen LogP contribution in [-0.4, -0.2) is 8.07 Å². The lowest BCUT2D eigenvalue weighted by molar-refractivity contribution is 1.67. The van der Waals surface area contributed by atoms with Crippen LogP contribution in [0, 0.1) is 0 Å². The van der Waals surface area contributed by atoms with E-state index in [2.05, 4.69) is 98.1 Å². The Hall–Kier alpha value is -1.86. The second-order valence-corrected chi connectivity index (χ2v) is 8.16. The maximum absolute atomic E-state index is 2.40. The van der Waals surface area contributed by atoms with Crippen LogP contribution in [0.2, 0.25) is 0 Å². The zero-order valence-corrected chi connectivity index (χ0v) is 12.6. The Morgan fingerprint density at radius 2 is 1.00 bits per heavy atom. The van der Waals surface area contributed by atoms with Crippen molar-refractivity contribution in [3.63, 3.8) is 0 Å². The van der Waals surface area contributed by atoms with Crippen LogP contribution in [-0.2, 0) is 0 Å². The highest BCUT2D eigenvalue weighted by atomic mass is 28.3. The van der Waals surface area contributed by atoms with E-state index in [1.54, 1.807) is 0 Å². The SMILES string of the molecule is CC=C[Si](C=CC)(c1ccccc1)c1ccccc1. The van der Waals surface area contributed by atoms with Crippen molar-refractivity contribution in [3.05, 3.63) is 84.2 Å². The van der Waals surface area contributed by atoms with Gasteiger partial charge in [-0.2, -0.15) is 0 Å². The molecule has 0 N–H and O–H groups in total. The van der Waals surface area contributed by atoms with Crippen LogP contribution < -0.4 is 10.4 Å². The monoisotopic (exact) mass is 264 g/mol. The van der Waals surface area contributed by atoms with E-state index in [4.69, 9.17) is 0 Å². The molecule has 0 unspecified atom stereocenters. The third kappa shape index (κ3) is 2.77. The lowest BCUT2D eigenvalue weighted by Gasteiger charge is -2.26. The Morgan fingerprint density at radius 3 is 1.32 bits per heavy atom. The molecule has 0 amide bonds. The van der Waals surface area contributed by atoms with Gasteiger partial charge in [-0.05, 0) is 24.2 Å². The van der Waals surface area contributed by atoms with E-state index in [0.29, 0.717) is 0 Å². The number of allylic oxidation sites excluding steroid dienone is 2. The van der Waals surface area contributed by atoms with E-state index in [1.165, 1.54) is 10.4 Å². The van der Waals surface area contributed by atoms with E-state index >= 15 is 0 Å². The summed E-state index contributed by atoms with van der Waals surface area (Å²) in [5, 5.41) is 2.86. The summed E-state index contributed by atoms with van der Waals surface area (Å²) in [6.07, 6.45) is 4.37. The molecular weight excluding hydrogens is 244 g/mol. The van der Waals surface area contributed by atoms with Gasteiger partial charge >= 0.3 is 0 Å². The number of benzene rings is 2. The molecule has 0 spiro atoms. The first kappa shape index (κ1) is 13.6. The molecule has 0 aliphatic heterocycles. The Labute approximate surface area is 117 Å². The zero-order chi connectivity index (χ0) is 13.6. The highest BCUT2D eigenvalue weighted by Gasteiger charge is 2.31. The van der Waals surface area contributed by atoms with Gasteiger partial charge in [0, 0.05) is 0 Å². The van der Waals surface area contributed by atoms with Crippen LogP contribution >= 0.6 is 0 Å².